The fourth-order valence-corrected chi connectivity index (χ4v) is 4.12. The van der Waals surface area contributed by atoms with Crippen molar-refractivity contribution >= 4 is 23.4 Å². The van der Waals surface area contributed by atoms with Crippen LogP contribution in [0.15, 0.2) is 35.4 Å². The largest absolute Gasteiger partial charge is 0.434 e. The summed E-state index contributed by atoms with van der Waals surface area (Å²) in [5.41, 5.74) is -1.39. The number of halogens is 7. The van der Waals surface area contributed by atoms with Crippen molar-refractivity contribution in [3.8, 4) is 0 Å². The first-order valence-electron chi connectivity index (χ1n) is 9.43. The number of carbonyl (C=O) groups is 1. The Bertz CT molecular complexity index is 986. The summed E-state index contributed by atoms with van der Waals surface area (Å²) in [7, 11) is 0. The van der Waals surface area contributed by atoms with Gasteiger partial charge in [-0.2, -0.15) is 26.3 Å². The number of hydrogen-bond donors (Lipinski definition) is 0. The van der Waals surface area contributed by atoms with Crippen molar-refractivity contribution in [2.75, 3.05) is 36.8 Å². The number of aromatic nitrogens is 1. The molecule has 3 rings (SSSR count). The van der Waals surface area contributed by atoms with Crippen molar-refractivity contribution in [3.05, 3.63) is 53.1 Å². The summed E-state index contributed by atoms with van der Waals surface area (Å²) < 4.78 is 91.6. The van der Waals surface area contributed by atoms with E-state index in [0.717, 1.165) is 18.3 Å². The third kappa shape index (κ3) is 5.64. The lowest BCUT2D eigenvalue weighted by Crippen LogP contribution is -2.49. The number of nitrogens with zero attached hydrogens (tertiary/aromatic N) is 3. The van der Waals surface area contributed by atoms with Crippen LogP contribution in [0.1, 0.15) is 21.6 Å². The second kappa shape index (κ2) is 9.16. The minimum Gasteiger partial charge on any atom is -0.366 e. The Kier molecular flexibility index (Phi) is 6.91. The molecule has 1 aromatic carbocycles. The Morgan fingerprint density at radius 2 is 1.75 bits per heavy atom. The average Bonchev–Trinajstić information content (AvgIpc) is 2.71. The SMILES string of the molecule is Cc1cc(F)c(N2CCN(C(=O)c3cccnc3C(F)(F)F)CC2)cc1SCC(F)(F)F. The van der Waals surface area contributed by atoms with Crippen molar-refractivity contribution in [1.29, 1.82) is 0 Å². The van der Waals surface area contributed by atoms with Gasteiger partial charge in [-0.3, -0.25) is 9.78 Å². The number of aryl methyl sites for hydroxylation is 1. The van der Waals surface area contributed by atoms with Crippen LogP contribution in [0.5, 0.6) is 0 Å². The van der Waals surface area contributed by atoms with Gasteiger partial charge in [0.05, 0.1) is 17.0 Å². The topological polar surface area (TPSA) is 36.4 Å². The van der Waals surface area contributed by atoms with E-state index in [2.05, 4.69) is 4.98 Å². The zero-order valence-corrected chi connectivity index (χ0v) is 17.5. The number of rotatable bonds is 4. The molecule has 1 aliphatic heterocycles. The van der Waals surface area contributed by atoms with Gasteiger partial charge in [-0.05, 0) is 36.8 Å². The van der Waals surface area contributed by atoms with Gasteiger partial charge in [-0.25, -0.2) is 4.39 Å². The maximum atomic E-state index is 14.5. The van der Waals surface area contributed by atoms with Gasteiger partial charge in [0.15, 0.2) is 5.69 Å². The molecule has 1 amide bonds. The Labute approximate surface area is 183 Å². The van der Waals surface area contributed by atoms with E-state index in [9.17, 15) is 35.5 Å². The van der Waals surface area contributed by atoms with Crippen molar-refractivity contribution in [1.82, 2.24) is 9.88 Å². The highest BCUT2D eigenvalue weighted by Crippen LogP contribution is 2.34. The molecule has 0 radical (unpaired) electrons. The van der Waals surface area contributed by atoms with Gasteiger partial charge in [0.25, 0.3) is 5.91 Å². The van der Waals surface area contributed by atoms with Crippen molar-refractivity contribution in [2.45, 2.75) is 24.2 Å². The second-order valence-electron chi connectivity index (χ2n) is 7.15. The van der Waals surface area contributed by atoms with Gasteiger partial charge in [0.2, 0.25) is 0 Å². The highest BCUT2D eigenvalue weighted by atomic mass is 32.2. The number of hydrogen-bond acceptors (Lipinski definition) is 4. The van der Waals surface area contributed by atoms with Crippen molar-refractivity contribution < 1.29 is 35.5 Å². The summed E-state index contributed by atoms with van der Waals surface area (Å²) in [5, 5.41) is 0. The van der Waals surface area contributed by atoms with Crippen LogP contribution in [-0.2, 0) is 6.18 Å². The zero-order chi connectivity index (χ0) is 23.7. The van der Waals surface area contributed by atoms with E-state index >= 15 is 0 Å². The zero-order valence-electron chi connectivity index (χ0n) is 16.7. The lowest BCUT2D eigenvalue weighted by atomic mass is 10.1. The monoisotopic (exact) mass is 481 g/mol. The number of alkyl halides is 6. The third-order valence-electron chi connectivity index (χ3n) is 4.85. The second-order valence-corrected chi connectivity index (χ2v) is 8.17. The minimum atomic E-state index is -4.79. The van der Waals surface area contributed by atoms with E-state index in [0.29, 0.717) is 17.3 Å². The number of piperazine rings is 1. The fourth-order valence-electron chi connectivity index (χ4n) is 3.32. The van der Waals surface area contributed by atoms with Gasteiger partial charge < -0.3 is 9.80 Å². The van der Waals surface area contributed by atoms with E-state index in [1.165, 1.54) is 24.0 Å². The molecular weight excluding hydrogens is 463 g/mol. The molecule has 2 heterocycles. The van der Waals surface area contributed by atoms with Crippen LogP contribution in [0.3, 0.4) is 0 Å². The Hall–Kier alpha value is -2.50. The molecule has 4 nitrogen and oxygen atoms in total. The van der Waals surface area contributed by atoms with Crippen molar-refractivity contribution in [2.24, 2.45) is 0 Å². The van der Waals surface area contributed by atoms with Crippen LogP contribution in [0.2, 0.25) is 0 Å². The van der Waals surface area contributed by atoms with Gasteiger partial charge >= 0.3 is 12.4 Å². The van der Waals surface area contributed by atoms with Gasteiger partial charge in [0, 0.05) is 37.3 Å². The average molecular weight is 481 g/mol. The van der Waals surface area contributed by atoms with Gasteiger partial charge in [-0.1, -0.05) is 0 Å². The molecule has 1 fully saturated rings. The van der Waals surface area contributed by atoms with Crippen molar-refractivity contribution in [3.63, 3.8) is 0 Å². The minimum absolute atomic E-state index is 0.0172. The molecule has 1 saturated heterocycles. The predicted molar refractivity (Wildman–Crippen MR) is 105 cm³/mol. The van der Waals surface area contributed by atoms with Crippen LogP contribution < -0.4 is 4.90 Å². The maximum Gasteiger partial charge on any atom is 0.434 e. The summed E-state index contributed by atoms with van der Waals surface area (Å²) >= 11 is 0.551. The molecule has 0 unspecified atom stereocenters. The first-order chi connectivity index (χ1) is 14.9. The molecule has 32 heavy (non-hydrogen) atoms. The molecular formula is C20H18F7N3OS. The van der Waals surface area contributed by atoms with Crippen LogP contribution in [0.4, 0.5) is 36.4 Å². The summed E-state index contributed by atoms with van der Waals surface area (Å²) in [5.74, 6) is -2.57. The molecule has 0 spiro atoms. The van der Waals surface area contributed by atoms with Crippen LogP contribution in [0, 0.1) is 12.7 Å². The number of amides is 1. The lowest BCUT2D eigenvalue weighted by Gasteiger charge is -2.36. The number of pyridine rings is 1. The molecule has 0 N–H and O–H groups in total. The number of anilines is 1. The van der Waals surface area contributed by atoms with E-state index < -0.39 is 41.1 Å². The molecule has 2 aromatic rings. The summed E-state index contributed by atoms with van der Waals surface area (Å²) in [6, 6.07) is 4.77. The number of benzene rings is 1. The highest BCUT2D eigenvalue weighted by Gasteiger charge is 2.38. The molecule has 0 atom stereocenters. The Morgan fingerprint density at radius 3 is 2.34 bits per heavy atom. The van der Waals surface area contributed by atoms with Crippen LogP contribution in [-0.4, -0.2) is 53.9 Å². The van der Waals surface area contributed by atoms with E-state index in [1.807, 2.05) is 0 Å². The van der Waals surface area contributed by atoms with Crippen LogP contribution in [0.25, 0.3) is 0 Å². The summed E-state index contributed by atoms with van der Waals surface area (Å²) in [4.78, 5) is 19.0. The maximum absolute atomic E-state index is 14.5. The number of carbonyl (C=O) groups excluding carboxylic acids is 1. The van der Waals surface area contributed by atoms with Gasteiger partial charge in [-0.15, -0.1) is 11.8 Å². The molecule has 1 aliphatic rings. The summed E-state index contributed by atoms with van der Waals surface area (Å²) in [6.45, 7) is 1.76. The van der Waals surface area contributed by atoms with E-state index in [4.69, 9.17) is 0 Å². The Morgan fingerprint density at radius 1 is 1.09 bits per heavy atom. The highest BCUT2D eigenvalue weighted by molar-refractivity contribution is 7.99. The van der Waals surface area contributed by atoms with E-state index in [-0.39, 0.29) is 36.8 Å². The standard InChI is InChI=1S/C20H18F7N3OS/c1-12-9-14(21)15(10-16(12)32-11-19(22,23)24)29-5-7-30(8-6-29)18(31)13-3-2-4-28-17(13)20(25,26)27/h2-4,9-10H,5-8,11H2,1H3. The van der Waals surface area contributed by atoms with Gasteiger partial charge in [0.1, 0.15) is 5.82 Å². The third-order valence-corrected chi connectivity index (χ3v) is 6.07. The van der Waals surface area contributed by atoms with E-state index in [1.54, 1.807) is 4.90 Å². The molecule has 0 bridgehead atoms. The quantitative estimate of drug-likeness (QED) is 0.446. The molecule has 12 heteroatoms. The predicted octanol–water partition coefficient (Wildman–Crippen LogP) is 5.16. The molecule has 0 aliphatic carbocycles. The molecule has 0 saturated carbocycles. The van der Waals surface area contributed by atoms with Crippen LogP contribution >= 0.6 is 11.8 Å². The molecule has 174 valence electrons. The molecule has 1 aromatic heterocycles. The first-order valence-corrected chi connectivity index (χ1v) is 10.4. The first kappa shape index (κ1) is 24.1. The number of thioether (sulfide) groups is 1. The fraction of sp³-hybridized carbons (Fsp3) is 0.400. The summed E-state index contributed by atoms with van der Waals surface area (Å²) in [6.07, 6.45) is -8.21. The normalized spacial score (nSPS) is 15.2. The Balaban J connectivity index is 1.73. The lowest BCUT2D eigenvalue weighted by molar-refractivity contribution is -0.141. The smallest absolute Gasteiger partial charge is 0.366 e.